The number of halogens is 1. The Labute approximate surface area is 163 Å². The van der Waals surface area contributed by atoms with Crippen molar-refractivity contribution in [1.82, 2.24) is 20.2 Å². The molecule has 3 saturated heterocycles. The first-order valence-corrected chi connectivity index (χ1v) is 9.97. The van der Waals surface area contributed by atoms with Gasteiger partial charge in [0.05, 0.1) is 18.0 Å². The first-order chi connectivity index (χ1) is 13.6. The number of amides is 1. The lowest BCUT2D eigenvalue weighted by molar-refractivity contribution is 0.00204. The Balaban J connectivity index is 1.26. The van der Waals surface area contributed by atoms with Crippen molar-refractivity contribution < 1.29 is 13.9 Å². The van der Waals surface area contributed by atoms with Crippen molar-refractivity contribution in [2.24, 2.45) is 11.8 Å². The number of aromatic nitrogens is 2. The molecule has 3 aliphatic heterocycles. The van der Waals surface area contributed by atoms with Gasteiger partial charge in [-0.15, -0.1) is 0 Å². The zero-order chi connectivity index (χ0) is 19.3. The second-order valence-electron chi connectivity index (χ2n) is 8.38. The highest BCUT2D eigenvalue weighted by Gasteiger charge is 2.62. The van der Waals surface area contributed by atoms with E-state index in [0.29, 0.717) is 30.6 Å². The summed E-state index contributed by atoms with van der Waals surface area (Å²) in [5.74, 6) is 0.374. The molecule has 1 spiro atoms. The molecule has 0 radical (unpaired) electrons. The third kappa shape index (κ3) is 2.84. The SMILES string of the molecule is Cc1[nH]cnc1C(=O)NC[C@H]1[C@H]2CN(Cc3ccccc3F)C[C@]23CC[C@H]1O3. The molecule has 3 fully saturated rings. The lowest BCUT2D eigenvalue weighted by atomic mass is 9.73. The van der Waals surface area contributed by atoms with E-state index in [1.54, 1.807) is 6.07 Å². The maximum atomic E-state index is 14.1. The van der Waals surface area contributed by atoms with Crippen molar-refractivity contribution in [2.45, 2.75) is 38.0 Å². The minimum absolute atomic E-state index is 0.131. The van der Waals surface area contributed by atoms with Crippen molar-refractivity contribution in [1.29, 1.82) is 0 Å². The Morgan fingerprint density at radius 1 is 1.46 bits per heavy atom. The number of imidazole rings is 1. The minimum Gasteiger partial charge on any atom is -0.370 e. The third-order valence-corrected chi connectivity index (χ3v) is 6.75. The van der Waals surface area contributed by atoms with Crippen LogP contribution in [0.15, 0.2) is 30.6 Å². The molecule has 2 aromatic rings. The van der Waals surface area contributed by atoms with Crippen LogP contribution in [0.25, 0.3) is 0 Å². The standard InChI is InChI=1S/C21H25FN4O2/c1-13-19(25-12-24-13)20(27)23-8-15-16-10-26(9-14-4-2-3-5-17(14)22)11-21(16)7-6-18(15)28-21/h2-5,12,15-16,18H,6-11H2,1H3,(H,23,27)(H,24,25)/t15-,16+,18+,21+/m0/s1. The summed E-state index contributed by atoms with van der Waals surface area (Å²) in [5.41, 5.74) is 1.82. The van der Waals surface area contributed by atoms with Gasteiger partial charge in [-0.05, 0) is 25.8 Å². The fraction of sp³-hybridized carbons (Fsp3) is 0.524. The van der Waals surface area contributed by atoms with Crippen LogP contribution in [0.3, 0.4) is 0 Å². The number of likely N-dealkylation sites (tertiary alicyclic amines) is 1. The molecule has 1 aromatic heterocycles. The molecule has 3 aliphatic rings. The predicted octanol–water partition coefficient (Wildman–Crippen LogP) is 2.27. The van der Waals surface area contributed by atoms with Gasteiger partial charge >= 0.3 is 0 Å². The summed E-state index contributed by atoms with van der Waals surface area (Å²) in [5, 5.41) is 3.06. The number of rotatable bonds is 5. The summed E-state index contributed by atoms with van der Waals surface area (Å²) >= 11 is 0. The molecule has 4 heterocycles. The minimum atomic E-state index is -0.152. The normalized spacial score (nSPS) is 31.3. The summed E-state index contributed by atoms with van der Waals surface area (Å²) in [6, 6.07) is 6.97. The van der Waals surface area contributed by atoms with E-state index in [1.807, 2.05) is 19.1 Å². The Bertz CT molecular complexity index is 900. The number of aromatic amines is 1. The van der Waals surface area contributed by atoms with Gasteiger partial charge in [-0.2, -0.15) is 0 Å². The van der Waals surface area contributed by atoms with Gasteiger partial charge in [0.25, 0.3) is 5.91 Å². The molecular formula is C21H25FN4O2. The van der Waals surface area contributed by atoms with Gasteiger partial charge < -0.3 is 15.0 Å². The lowest BCUT2D eigenvalue weighted by Crippen LogP contribution is -2.42. The van der Waals surface area contributed by atoms with Crippen LogP contribution in [0, 0.1) is 24.6 Å². The molecule has 4 atom stereocenters. The van der Waals surface area contributed by atoms with Crippen molar-refractivity contribution in [3.8, 4) is 0 Å². The van der Waals surface area contributed by atoms with Gasteiger partial charge in [0.2, 0.25) is 0 Å². The highest BCUT2D eigenvalue weighted by Crippen LogP contribution is 2.54. The zero-order valence-corrected chi connectivity index (χ0v) is 16.0. The van der Waals surface area contributed by atoms with E-state index in [2.05, 4.69) is 20.2 Å². The zero-order valence-electron chi connectivity index (χ0n) is 16.0. The van der Waals surface area contributed by atoms with Crippen LogP contribution in [0.5, 0.6) is 0 Å². The van der Waals surface area contributed by atoms with E-state index in [1.165, 1.54) is 12.4 Å². The van der Waals surface area contributed by atoms with Crippen LogP contribution in [0.2, 0.25) is 0 Å². The largest absolute Gasteiger partial charge is 0.370 e. The number of carbonyl (C=O) groups excluding carboxylic acids is 1. The number of aryl methyl sites for hydroxylation is 1. The quantitative estimate of drug-likeness (QED) is 0.830. The summed E-state index contributed by atoms with van der Waals surface area (Å²) < 4.78 is 20.5. The van der Waals surface area contributed by atoms with Gasteiger partial charge in [-0.3, -0.25) is 9.69 Å². The molecule has 1 aromatic carbocycles. The first kappa shape index (κ1) is 17.8. The van der Waals surface area contributed by atoms with E-state index in [9.17, 15) is 9.18 Å². The van der Waals surface area contributed by atoms with Crippen molar-refractivity contribution >= 4 is 5.91 Å². The second-order valence-corrected chi connectivity index (χ2v) is 8.38. The van der Waals surface area contributed by atoms with Crippen LogP contribution >= 0.6 is 0 Å². The average Bonchev–Trinajstić information content (AvgIpc) is 3.42. The smallest absolute Gasteiger partial charge is 0.271 e. The maximum Gasteiger partial charge on any atom is 0.271 e. The van der Waals surface area contributed by atoms with E-state index in [0.717, 1.165) is 37.2 Å². The van der Waals surface area contributed by atoms with Gasteiger partial charge in [0.1, 0.15) is 11.5 Å². The Hall–Kier alpha value is -2.25. The predicted molar refractivity (Wildman–Crippen MR) is 101 cm³/mol. The molecule has 2 N–H and O–H groups in total. The summed E-state index contributed by atoms with van der Waals surface area (Å²) in [6.07, 6.45) is 3.84. The van der Waals surface area contributed by atoms with Gasteiger partial charge in [-0.25, -0.2) is 9.37 Å². The Morgan fingerprint density at radius 2 is 2.32 bits per heavy atom. The third-order valence-electron chi connectivity index (χ3n) is 6.75. The monoisotopic (exact) mass is 384 g/mol. The fourth-order valence-corrected chi connectivity index (χ4v) is 5.43. The van der Waals surface area contributed by atoms with E-state index in [4.69, 9.17) is 4.74 Å². The molecule has 0 saturated carbocycles. The molecule has 0 aliphatic carbocycles. The highest BCUT2D eigenvalue weighted by atomic mass is 19.1. The van der Waals surface area contributed by atoms with Crippen molar-refractivity contribution in [3.63, 3.8) is 0 Å². The molecule has 28 heavy (non-hydrogen) atoms. The Morgan fingerprint density at radius 3 is 3.11 bits per heavy atom. The van der Waals surface area contributed by atoms with E-state index >= 15 is 0 Å². The molecule has 0 unspecified atom stereocenters. The molecule has 1 amide bonds. The lowest BCUT2D eigenvalue weighted by Gasteiger charge is -2.29. The van der Waals surface area contributed by atoms with Gasteiger partial charge in [0.15, 0.2) is 0 Å². The number of nitrogens with zero attached hydrogens (tertiary/aromatic N) is 2. The maximum absolute atomic E-state index is 14.1. The molecule has 2 bridgehead atoms. The van der Waals surface area contributed by atoms with Crippen molar-refractivity contribution in [3.05, 3.63) is 53.4 Å². The van der Waals surface area contributed by atoms with E-state index < -0.39 is 0 Å². The fourth-order valence-electron chi connectivity index (χ4n) is 5.43. The van der Waals surface area contributed by atoms with Crippen LogP contribution in [0.4, 0.5) is 4.39 Å². The second kappa shape index (κ2) is 6.67. The number of carbonyl (C=O) groups is 1. The molecule has 5 rings (SSSR count). The van der Waals surface area contributed by atoms with E-state index in [-0.39, 0.29) is 23.4 Å². The summed E-state index contributed by atoms with van der Waals surface area (Å²) in [6.45, 7) is 4.76. The topological polar surface area (TPSA) is 70.2 Å². The van der Waals surface area contributed by atoms with Crippen LogP contribution < -0.4 is 5.32 Å². The first-order valence-electron chi connectivity index (χ1n) is 9.97. The molecule has 148 valence electrons. The molecule has 7 heteroatoms. The van der Waals surface area contributed by atoms with Gasteiger partial charge in [0, 0.05) is 49.3 Å². The van der Waals surface area contributed by atoms with Crippen LogP contribution in [-0.4, -0.2) is 52.1 Å². The average molecular weight is 384 g/mol. The number of hydrogen-bond acceptors (Lipinski definition) is 4. The van der Waals surface area contributed by atoms with Crippen LogP contribution in [-0.2, 0) is 11.3 Å². The Kier molecular flexibility index (Phi) is 4.25. The van der Waals surface area contributed by atoms with Crippen LogP contribution in [0.1, 0.15) is 34.6 Å². The summed E-state index contributed by atoms with van der Waals surface area (Å²) in [7, 11) is 0. The number of hydrogen-bond donors (Lipinski definition) is 2. The number of H-pyrrole nitrogens is 1. The number of nitrogens with one attached hydrogen (secondary N) is 2. The van der Waals surface area contributed by atoms with Gasteiger partial charge in [-0.1, -0.05) is 18.2 Å². The highest BCUT2D eigenvalue weighted by molar-refractivity contribution is 5.93. The summed E-state index contributed by atoms with van der Waals surface area (Å²) in [4.78, 5) is 21.8. The number of benzene rings is 1. The molecular weight excluding hydrogens is 359 g/mol. The number of ether oxygens (including phenoxy) is 1. The number of fused-ring (bicyclic) bond motifs is 1. The van der Waals surface area contributed by atoms with Crippen molar-refractivity contribution in [2.75, 3.05) is 19.6 Å². The molecule has 6 nitrogen and oxygen atoms in total.